The maximum atomic E-state index is 11.3. The SMILES string of the molecule is N#Cc1cc(Nc2nc(NC3CC3)c3ncc(C#N)n3n2)c(Cl)c(N2CCN(C3CCN(C(=O)O)C3)CC2)c1. The van der Waals surface area contributed by atoms with Crippen molar-refractivity contribution in [3.8, 4) is 12.1 Å². The van der Waals surface area contributed by atoms with Gasteiger partial charge in [-0.15, -0.1) is 5.10 Å². The molecule has 3 N–H and O–H groups in total. The van der Waals surface area contributed by atoms with Gasteiger partial charge in [0.25, 0.3) is 0 Å². The van der Waals surface area contributed by atoms with Crippen molar-refractivity contribution in [2.45, 2.75) is 31.3 Å². The van der Waals surface area contributed by atoms with Gasteiger partial charge in [0.2, 0.25) is 5.95 Å². The monoisotopic (exact) mass is 547 g/mol. The molecule has 1 aliphatic carbocycles. The quantitative estimate of drug-likeness (QED) is 0.416. The summed E-state index contributed by atoms with van der Waals surface area (Å²) in [6.45, 7) is 4.00. The van der Waals surface area contributed by atoms with Gasteiger partial charge >= 0.3 is 6.09 Å². The summed E-state index contributed by atoms with van der Waals surface area (Å²) < 4.78 is 1.44. The van der Waals surface area contributed by atoms with Gasteiger partial charge in [0.15, 0.2) is 17.2 Å². The number of hydrogen-bond acceptors (Lipinski definition) is 10. The molecular weight excluding hydrogens is 522 g/mol. The van der Waals surface area contributed by atoms with Crippen LogP contribution in [0, 0.1) is 22.7 Å². The van der Waals surface area contributed by atoms with Gasteiger partial charge in [-0.1, -0.05) is 11.6 Å². The van der Waals surface area contributed by atoms with Crippen LogP contribution in [0.5, 0.6) is 0 Å². The molecule has 0 bridgehead atoms. The fraction of sp³-hybridized carbons (Fsp3) is 0.440. The van der Waals surface area contributed by atoms with Gasteiger partial charge in [0, 0.05) is 51.4 Å². The minimum absolute atomic E-state index is 0.216. The molecule has 0 radical (unpaired) electrons. The number of carboxylic acid groups (broad SMARTS) is 1. The largest absolute Gasteiger partial charge is 0.465 e. The number of nitrogens with zero attached hydrogens (tertiary/aromatic N) is 9. The van der Waals surface area contributed by atoms with E-state index in [0.29, 0.717) is 60.0 Å². The van der Waals surface area contributed by atoms with Crippen LogP contribution >= 0.6 is 11.6 Å². The molecule has 1 atom stereocenters. The lowest BCUT2D eigenvalue weighted by atomic mass is 10.1. The number of hydrogen-bond donors (Lipinski definition) is 3. The zero-order valence-corrected chi connectivity index (χ0v) is 21.8. The zero-order chi connectivity index (χ0) is 27.1. The first-order chi connectivity index (χ1) is 18.9. The third kappa shape index (κ3) is 4.94. The average Bonchev–Trinajstić information content (AvgIpc) is 3.44. The number of rotatable bonds is 6. The lowest BCUT2D eigenvalue weighted by molar-refractivity contribution is 0.145. The van der Waals surface area contributed by atoms with E-state index in [2.05, 4.69) is 47.6 Å². The lowest BCUT2D eigenvalue weighted by Crippen LogP contribution is -2.51. The molecule has 13 nitrogen and oxygen atoms in total. The number of fused-ring (bicyclic) bond motifs is 1. The fourth-order valence-electron chi connectivity index (χ4n) is 5.19. The molecule has 2 aromatic heterocycles. The van der Waals surface area contributed by atoms with Crippen molar-refractivity contribution >= 4 is 46.5 Å². The van der Waals surface area contributed by atoms with Crippen LogP contribution in [-0.4, -0.2) is 91.9 Å². The van der Waals surface area contributed by atoms with Gasteiger partial charge in [-0.05, 0) is 31.4 Å². The maximum Gasteiger partial charge on any atom is 0.407 e. The third-order valence-corrected chi connectivity index (χ3v) is 7.83. The molecule has 200 valence electrons. The highest BCUT2D eigenvalue weighted by atomic mass is 35.5. The van der Waals surface area contributed by atoms with Crippen molar-refractivity contribution in [3.63, 3.8) is 0 Å². The summed E-state index contributed by atoms with van der Waals surface area (Å²) in [4.78, 5) is 26.1. The zero-order valence-electron chi connectivity index (χ0n) is 21.0. The van der Waals surface area contributed by atoms with E-state index in [1.807, 2.05) is 0 Å². The van der Waals surface area contributed by atoms with Gasteiger partial charge in [-0.25, -0.2) is 9.78 Å². The van der Waals surface area contributed by atoms with Crippen molar-refractivity contribution in [1.82, 2.24) is 29.4 Å². The van der Waals surface area contributed by atoms with Gasteiger partial charge in [-0.3, -0.25) is 4.90 Å². The molecule has 3 aromatic rings. The van der Waals surface area contributed by atoms with Crippen LogP contribution in [-0.2, 0) is 0 Å². The highest BCUT2D eigenvalue weighted by Gasteiger charge is 2.32. The molecular formula is C25H26ClN11O2. The van der Waals surface area contributed by atoms with Crippen molar-refractivity contribution in [3.05, 3.63) is 34.6 Å². The summed E-state index contributed by atoms with van der Waals surface area (Å²) in [6.07, 6.45) is 3.49. The standard InChI is InChI=1S/C25H26ClN11O2/c26-21-19(31-24-32-22(30-16-1-2-16)23-29-13-18(12-28)37(23)33-24)9-15(11-27)10-20(21)35-7-5-34(6-8-35)17-3-4-36(14-17)25(38)39/h9-10,13,16-17H,1-8,14H2,(H,38,39)(H2,30,31,32,33). The third-order valence-electron chi connectivity index (χ3n) is 7.43. The number of aromatic nitrogens is 4. The summed E-state index contributed by atoms with van der Waals surface area (Å²) in [5, 5.41) is 39.9. The van der Waals surface area contributed by atoms with E-state index < -0.39 is 6.09 Å². The van der Waals surface area contributed by atoms with E-state index in [9.17, 15) is 20.4 Å². The second kappa shape index (κ2) is 10.1. The maximum absolute atomic E-state index is 11.3. The van der Waals surface area contributed by atoms with Crippen molar-refractivity contribution in [2.24, 2.45) is 0 Å². The van der Waals surface area contributed by atoms with E-state index in [1.54, 1.807) is 12.1 Å². The topological polar surface area (TPSA) is 162 Å². The first kappa shape index (κ1) is 25.0. The summed E-state index contributed by atoms with van der Waals surface area (Å²) in [5.41, 5.74) is 2.39. The molecule has 39 heavy (non-hydrogen) atoms. The average molecular weight is 548 g/mol. The summed E-state index contributed by atoms with van der Waals surface area (Å²) >= 11 is 6.89. The van der Waals surface area contributed by atoms with E-state index in [4.69, 9.17) is 11.6 Å². The van der Waals surface area contributed by atoms with E-state index in [1.165, 1.54) is 15.6 Å². The molecule has 1 aromatic carbocycles. The minimum Gasteiger partial charge on any atom is -0.465 e. The molecule has 4 heterocycles. The molecule has 1 saturated carbocycles. The Morgan fingerprint density at radius 1 is 1.10 bits per heavy atom. The number of anilines is 4. The Balaban J connectivity index is 1.24. The van der Waals surface area contributed by atoms with Crippen molar-refractivity contribution in [1.29, 1.82) is 10.5 Å². The Bertz CT molecular complexity index is 1510. The molecule has 0 spiro atoms. The predicted octanol–water partition coefficient (Wildman–Crippen LogP) is 2.71. The number of piperazine rings is 1. The van der Waals surface area contributed by atoms with Crippen LogP contribution < -0.4 is 15.5 Å². The van der Waals surface area contributed by atoms with Crippen LogP contribution in [0.1, 0.15) is 30.5 Å². The number of benzene rings is 1. The predicted molar refractivity (Wildman–Crippen MR) is 143 cm³/mol. The summed E-state index contributed by atoms with van der Waals surface area (Å²) in [6, 6.07) is 8.26. The summed E-state index contributed by atoms with van der Waals surface area (Å²) in [7, 11) is 0. The summed E-state index contributed by atoms with van der Waals surface area (Å²) in [5.74, 6) is 0.742. The molecule has 3 fully saturated rings. The number of carbonyl (C=O) groups is 1. The first-order valence-corrected chi connectivity index (χ1v) is 13.2. The van der Waals surface area contributed by atoms with E-state index >= 15 is 0 Å². The molecule has 2 saturated heterocycles. The fourth-order valence-corrected chi connectivity index (χ4v) is 5.46. The molecule has 14 heteroatoms. The normalized spacial score (nSPS) is 19.6. The van der Waals surface area contributed by atoms with Crippen LogP contribution in [0.3, 0.4) is 0 Å². The highest BCUT2D eigenvalue weighted by Crippen LogP contribution is 2.37. The van der Waals surface area contributed by atoms with E-state index in [-0.39, 0.29) is 17.7 Å². The van der Waals surface area contributed by atoms with E-state index in [0.717, 1.165) is 38.0 Å². The van der Waals surface area contributed by atoms with Gasteiger partial charge in [-0.2, -0.15) is 20.0 Å². The minimum atomic E-state index is -0.869. The van der Waals surface area contributed by atoms with Crippen LogP contribution in [0.4, 0.5) is 27.9 Å². The number of nitrogens with one attached hydrogen (secondary N) is 2. The Hall–Kier alpha value is -4.33. The van der Waals surface area contributed by atoms with Gasteiger partial charge in [0.1, 0.15) is 6.07 Å². The number of halogens is 1. The number of nitriles is 2. The number of amides is 1. The Kier molecular flexibility index (Phi) is 6.46. The second-order valence-corrected chi connectivity index (χ2v) is 10.4. The van der Waals surface area contributed by atoms with Crippen LogP contribution in [0.2, 0.25) is 5.02 Å². The smallest absolute Gasteiger partial charge is 0.407 e. The van der Waals surface area contributed by atoms with Gasteiger partial charge in [0.05, 0.1) is 34.2 Å². The van der Waals surface area contributed by atoms with Crippen LogP contribution in [0.25, 0.3) is 5.65 Å². The Labute approximate surface area is 229 Å². The number of likely N-dealkylation sites (tertiary alicyclic amines) is 1. The van der Waals surface area contributed by atoms with Crippen molar-refractivity contribution in [2.75, 3.05) is 54.8 Å². The highest BCUT2D eigenvalue weighted by molar-refractivity contribution is 6.36. The Morgan fingerprint density at radius 2 is 1.90 bits per heavy atom. The first-order valence-electron chi connectivity index (χ1n) is 12.8. The van der Waals surface area contributed by atoms with Crippen LogP contribution in [0.15, 0.2) is 18.3 Å². The number of imidazole rings is 1. The molecule has 2 aliphatic heterocycles. The molecule has 1 unspecified atom stereocenters. The second-order valence-electron chi connectivity index (χ2n) is 9.98. The molecule has 6 rings (SSSR count). The molecule has 3 aliphatic rings. The lowest BCUT2D eigenvalue weighted by Gasteiger charge is -2.39. The molecule has 1 amide bonds. The van der Waals surface area contributed by atoms with Crippen molar-refractivity contribution < 1.29 is 9.90 Å². The Morgan fingerprint density at radius 3 is 2.56 bits per heavy atom. The van der Waals surface area contributed by atoms with Gasteiger partial charge < -0.3 is 25.5 Å².